The fourth-order valence-electron chi connectivity index (χ4n) is 2.95. The molecule has 0 saturated heterocycles. The van der Waals surface area contributed by atoms with Gasteiger partial charge in [-0.05, 0) is 43.0 Å². The van der Waals surface area contributed by atoms with Gasteiger partial charge in [-0.2, -0.15) is 13.7 Å². The van der Waals surface area contributed by atoms with Gasteiger partial charge in [0.2, 0.25) is 0 Å². The molecular formula is C21H26N2O3S2. The molecule has 28 heavy (non-hydrogen) atoms. The largest absolute Gasteiger partial charge is 0.331 e. The minimum Gasteiger partial charge on any atom is -0.267 e. The van der Waals surface area contributed by atoms with Crippen LogP contribution in [0.4, 0.5) is 0 Å². The first-order chi connectivity index (χ1) is 13.4. The molecule has 0 bridgehead atoms. The minimum absolute atomic E-state index is 0.422. The Hall–Kier alpha value is -2.04. The molecule has 0 spiro atoms. The van der Waals surface area contributed by atoms with Crippen LogP contribution in [0.3, 0.4) is 0 Å². The fourth-order valence-corrected chi connectivity index (χ4v) is 5.11. The Labute approximate surface area is 172 Å². The van der Waals surface area contributed by atoms with E-state index in [1.807, 2.05) is 45.0 Å². The first-order valence-corrected chi connectivity index (χ1v) is 11.8. The molecule has 1 atom stereocenters. The van der Waals surface area contributed by atoms with Gasteiger partial charge in [-0.25, -0.2) is 0 Å². The summed E-state index contributed by atoms with van der Waals surface area (Å²) in [5.74, 6) is 0. The highest BCUT2D eigenvalue weighted by Gasteiger charge is 2.27. The van der Waals surface area contributed by atoms with E-state index in [4.69, 9.17) is 4.28 Å². The monoisotopic (exact) mass is 418 g/mol. The molecule has 7 heteroatoms. The van der Waals surface area contributed by atoms with Crippen molar-refractivity contribution in [3.05, 3.63) is 52.4 Å². The quantitative estimate of drug-likeness (QED) is 0.388. The van der Waals surface area contributed by atoms with Gasteiger partial charge in [0.15, 0.2) is 0 Å². The van der Waals surface area contributed by atoms with Crippen molar-refractivity contribution in [1.29, 1.82) is 5.26 Å². The van der Waals surface area contributed by atoms with Crippen molar-refractivity contribution in [2.24, 2.45) is 5.16 Å². The lowest BCUT2D eigenvalue weighted by Gasteiger charge is -2.14. The summed E-state index contributed by atoms with van der Waals surface area (Å²) in [4.78, 5) is 0.729. The smallest absolute Gasteiger partial charge is 0.267 e. The Kier molecular flexibility index (Phi) is 8.34. The van der Waals surface area contributed by atoms with Crippen LogP contribution in [0.5, 0.6) is 0 Å². The number of oxime groups is 1. The van der Waals surface area contributed by atoms with E-state index < -0.39 is 15.4 Å². The summed E-state index contributed by atoms with van der Waals surface area (Å²) < 4.78 is 30.0. The van der Waals surface area contributed by atoms with Crippen LogP contribution in [0.15, 0.2) is 46.5 Å². The van der Waals surface area contributed by atoms with E-state index >= 15 is 0 Å². The average Bonchev–Trinajstić information content (AvgIpc) is 3.14. The summed E-state index contributed by atoms with van der Waals surface area (Å²) in [6.45, 7) is 5.94. The number of thioether (sulfide) groups is 1. The van der Waals surface area contributed by atoms with Crippen molar-refractivity contribution in [3.8, 4) is 6.07 Å². The normalized spacial score (nSPS) is 18.1. The van der Waals surface area contributed by atoms with Crippen molar-refractivity contribution in [2.75, 3.05) is 0 Å². The van der Waals surface area contributed by atoms with Crippen LogP contribution >= 0.6 is 11.8 Å². The molecular weight excluding hydrogens is 392 g/mol. The molecule has 0 saturated carbocycles. The number of allylic oxidation sites excluding steroid dienone is 2. The molecule has 0 aromatic heterocycles. The Morgan fingerprint density at radius 3 is 2.61 bits per heavy atom. The van der Waals surface area contributed by atoms with Gasteiger partial charge in [-0.15, -0.1) is 0 Å². The maximum absolute atomic E-state index is 12.5. The van der Waals surface area contributed by atoms with Gasteiger partial charge >= 0.3 is 10.1 Å². The molecule has 0 aliphatic carbocycles. The lowest BCUT2D eigenvalue weighted by atomic mass is 10.0. The highest BCUT2D eigenvalue weighted by atomic mass is 32.2. The molecule has 0 fully saturated rings. The number of unbranched alkanes of at least 4 members (excludes halogenated alkanes) is 1. The topological polar surface area (TPSA) is 79.5 Å². The third kappa shape index (κ3) is 5.73. The summed E-state index contributed by atoms with van der Waals surface area (Å²) >= 11 is 1.24. The summed E-state index contributed by atoms with van der Waals surface area (Å²) in [7, 11) is -3.76. The van der Waals surface area contributed by atoms with E-state index in [0.717, 1.165) is 35.3 Å². The summed E-state index contributed by atoms with van der Waals surface area (Å²) in [6.07, 6.45) is 7.14. The molecule has 5 nitrogen and oxygen atoms in total. The van der Waals surface area contributed by atoms with E-state index in [1.165, 1.54) is 11.8 Å². The number of benzene rings is 1. The zero-order valence-electron chi connectivity index (χ0n) is 16.5. The van der Waals surface area contributed by atoms with Crippen LogP contribution in [-0.4, -0.2) is 18.7 Å². The van der Waals surface area contributed by atoms with Gasteiger partial charge in [-0.1, -0.05) is 74.3 Å². The van der Waals surface area contributed by atoms with Crippen LogP contribution in [-0.2, 0) is 14.4 Å². The van der Waals surface area contributed by atoms with Gasteiger partial charge < -0.3 is 0 Å². The molecule has 1 heterocycles. The predicted molar refractivity (Wildman–Crippen MR) is 116 cm³/mol. The number of hydrogen-bond acceptors (Lipinski definition) is 6. The van der Waals surface area contributed by atoms with Crippen LogP contribution in [0.25, 0.3) is 5.57 Å². The zero-order chi connectivity index (χ0) is 20.6. The SMILES string of the molecule is CCCCC(CCC)S(=O)(=O)ON=C1C=CC(=C(C#N)c2ccccc2C)S1. The Balaban J connectivity index is 2.17. The first-order valence-electron chi connectivity index (χ1n) is 9.49. The maximum Gasteiger partial charge on any atom is 0.331 e. The summed E-state index contributed by atoms with van der Waals surface area (Å²) in [5, 5.41) is 13.3. The second-order valence-electron chi connectivity index (χ2n) is 6.65. The van der Waals surface area contributed by atoms with Crippen LogP contribution in [0, 0.1) is 18.3 Å². The fraction of sp³-hybridized carbons (Fsp3) is 0.429. The maximum atomic E-state index is 12.5. The van der Waals surface area contributed by atoms with Crippen molar-refractivity contribution in [1.82, 2.24) is 0 Å². The van der Waals surface area contributed by atoms with Gasteiger partial charge in [-0.3, -0.25) is 4.28 Å². The van der Waals surface area contributed by atoms with E-state index in [1.54, 1.807) is 12.2 Å². The highest BCUT2D eigenvalue weighted by molar-refractivity contribution is 8.18. The zero-order valence-corrected chi connectivity index (χ0v) is 18.1. The number of hydrogen-bond donors (Lipinski definition) is 0. The summed E-state index contributed by atoms with van der Waals surface area (Å²) in [6, 6.07) is 9.90. The molecule has 2 rings (SSSR count). The van der Waals surface area contributed by atoms with Crippen LogP contribution in [0.1, 0.15) is 57.1 Å². The Morgan fingerprint density at radius 2 is 1.96 bits per heavy atom. The number of nitriles is 1. The number of nitrogens with zero attached hydrogens (tertiary/aromatic N) is 2. The number of rotatable bonds is 9. The van der Waals surface area contributed by atoms with Gasteiger partial charge in [0.05, 0.1) is 10.8 Å². The lowest BCUT2D eigenvalue weighted by Crippen LogP contribution is -2.22. The van der Waals surface area contributed by atoms with E-state index in [0.29, 0.717) is 23.5 Å². The predicted octanol–water partition coefficient (Wildman–Crippen LogP) is 5.55. The molecule has 1 unspecified atom stereocenters. The molecule has 150 valence electrons. The highest BCUT2D eigenvalue weighted by Crippen LogP contribution is 2.35. The summed E-state index contributed by atoms with van der Waals surface area (Å²) in [5.41, 5.74) is 2.40. The molecule has 1 aromatic rings. The molecule has 0 radical (unpaired) electrons. The van der Waals surface area contributed by atoms with Crippen molar-refractivity contribution < 1.29 is 12.7 Å². The van der Waals surface area contributed by atoms with E-state index in [2.05, 4.69) is 11.2 Å². The standard InChI is InChI=1S/C21H26N2O3S2/c1-4-6-11-17(9-5-2)28(24,25)26-23-21-14-13-20(27-21)19(15-22)18-12-8-7-10-16(18)3/h7-8,10,12-14,17H,4-6,9,11H2,1-3H3. The molecule has 1 aliphatic rings. The Morgan fingerprint density at radius 1 is 1.21 bits per heavy atom. The third-order valence-corrected chi connectivity index (χ3v) is 7.04. The third-order valence-electron chi connectivity index (χ3n) is 4.49. The average molecular weight is 419 g/mol. The molecule has 1 aromatic carbocycles. The van der Waals surface area contributed by atoms with Crippen molar-refractivity contribution in [2.45, 2.75) is 58.1 Å². The van der Waals surface area contributed by atoms with E-state index in [9.17, 15) is 13.7 Å². The first kappa shape index (κ1) is 22.3. The van der Waals surface area contributed by atoms with Crippen molar-refractivity contribution in [3.63, 3.8) is 0 Å². The van der Waals surface area contributed by atoms with Gasteiger partial charge in [0.1, 0.15) is 11.1 Å². The second kappa shape index (κ2) is 10.5. The molecule has 0 N–H and O–H groups in total. The van der Waals surface area contributed by atoms with Gasteiger partial charge in [0.25, 0.3) is 0 Å². The van der Waals surface area contributed by atoms with E-state index in [-0.39, 0.29) is 0 Å². The van der Waals surface area contributed by atoms with Crippen LogP contribution in [0.2, 0.25) is 0 Å². The minimum atomic E-state index is -3.76. The van der Waals surface area contributed by atoms with Crippen LogP contribution < -0.4 is 0 Å². The molecule has 0 amide bonds. The second-order valence-corrected chi connectivity index (χ2v) is 9.51. The number of aryl methyl sites for hydroxylation is 1. The van der Waals surface area contributed by atoms with Crippen molar-refractivity contribution >= 4 is 32.5 Å². The van der Waals surface area contributed by atoms with Gasteiger partial charge in [0, 0.05) is 4.91 Å². The lowest BCUT2D eigenvalue weighted by molar-refractivity contribution is 0.328. The molecule has 1 aliphatic heterocycles. The Bertz CT molecular complexity index is 925.